The first kappa shape index (κ1) is 13.2. The van der Waals surface area contributed by atoms with E-state index in [0.717, 1.165) is 0 Å². The number of nitrogens with two attached hydrogens (primary N) is 1. The third kappa shape index (κ3) is 3.16. The predicted molar refractivity (Wildman–Crippen MR) is 72.7 cm³/mol. The summed E-state index contributed by atoms with van der Waals surface area (Å²) in [5.74, 6) is 7.00. The lowest BCUT2D eigenvalue weighted by atomic mass is 10.1. The van der Waals surface area contributed by atoms with Crippen LogP contribution in [0.1, 0.15) is 20.8 Å². The first-order valence-corrected chi connectivity index (χ1v) is 6.09. The molecule has 1 unspecified atom stereocenters. The summed E-state index contributed by atoms with van der Waals surface area (Å²) in [5.41, 5.74) is 2.43. The number of nitrogens with one attached hydrogen (secondary N) is 2. The highest BCUT2D eigenvalue weighted by atomic mass is 15.4. The van der Waals surface area contributed by atoms with Crippen LogP contribution < -0.4 is 16.6 Å². The summed E-state index contributed by atoms with van der Waals surface area (Å²) in [4.78, 5) is 12.6. The van der Waals surface area contributed by atoms with Gasteiger partial charge in [0.1, 0.15) is 0 Å². The molecular formula is C11H18N8. The van der Waals surface area contributed by atoms with Crippen LogP contribution in [0.25, 0.3) is 5.95 Å². The maximum atomic E-state index is 5.37. The summed E-state index contributed by atoms with van der Waals surface area (Å²) in [6.07, 6.45) is 3.41. The van der Waals surface area contributed by atoms with Gasteiger partial charge < -0.3 is 5.32 Å². The summed E-state index contributed by atoms with van der Waals surface area (Å²) < 4.78 is 1.55. The highest BCUT2D eigenvalue weighted by Gasteiger charge is 2.12. The van der Waals surface area contributed by atoms with Crippen LogP contribution >= 0.6 is 0 Å². The number of anilines is 2. The minimum Gasteiger partial charge on any atom is -0.351 e. The smallest absolute Gasteiger partial charge is 0.257 e. The van der Waals surface area contributed by atoms with E-state index < -0.39 is 0 Å². The molecule has 8 heteroatoms. The molecule has 102 valence electrons. The minimum absolute atomic E-state index is 0.235. The molecule has 2 heterocycles. The molecule has 0 aromatic carbocycles. The van der Waals surface area contributed by atoms with E-state index in [1.807, 2.05) is 0 Å². The van der Waals surface area contributed by atoms with Gasteiger partial charge >= 0.3 is 0 Å². The van der Waals surface area contributed by atoms with Gasteiger partial charge in [-0.15, -0.1) is 0 Å². The van der Waals surface area contributed by atoms with Crippen molar-refractivity contribution in [3.05, 3.63) is 18.5 Å². The fraction of sp³-hybridized carbons (Fsp3) is 0.455. The van der Waals surface area contributed by atoms with Gasteiger partial charge in [-0.1, -0.05) is 13.8 Å². The topological polar surface area (TPSA) is 107 Å². The molecular weight excluding hydrogens is 244 g/mol. The van der Waals surface area contributed by atoms with Crippen molar-refractivity contribution < 1.29 is 0 Å². The Labute approximate surface area is 111 Å². The molecule has 19 heavy (non-hydrogen) atoms. The van der Waals surface area contributed by atoms with Crippen LogP contribution in [0.2, 0.25) is 0 Å². The molecule has 2 rings (SSSR count). The Kier molecular flexibility index (Phi) is 3.91. The maximum Gasteiger partial charge on any atom is 0.257 e. The number of hydrazine groups is 1. The van der Waals surface area contributed by atoms with E-state index in [2.05, 4.69) is 51.6 Å². The standard InChI is InChI=1S/C11H18N8/c1-7(2)8(3)14-9-15-10(18-12)17-11(16-9)19-6-4-5-13-19/h4-8H,12H2,1-3H3,(H2,14,15,16,17,18). The number of hydrogen-bond donors (Lipinski definition) is 3. The minimum atomic E-state index is 0.235. The molecule has 0 radical (unpaired) electrons. The Hall–Kier alpha value is -2.22. The molecule has 2 aromatic heterocycles. The molecule has 4 N–H and O–H groups in total. The van der Waals surface area contributed by atoms with Crippen molar-refractivity contribution in [2.45, 2.75) is 26.8 Å². The van der Waals surface area contributed by atoms with Crippen molar-refractivity contribution >= 4 is 11.9 Å². The molecule has 0 bridgehead atoms. The van der Waals surface area contributed by atoms with Crippen LogP contribution in [0, 0.1) is 5.92 Å². The van der Waals surface area contributed by atoms with Crippen LogP contribution in [0.3, 0.4) is 0 Å². The molecule has 0 fully saturated rings. The zero-order valence-electron chi connectivity index (χ0n) is 11.2. The molecule has 0 aliphatic carbocycles. The van der Waals surface area contributed by atoms with Crippen molar-refractivity contribution in [2.75, 3.05) is 10.7 Å². The second kappa shape index (κ2) is 5.61. The number of nitrogen functional groups attached to an aromatic ring is 1. The fourth-order valence-electron chi connectivity index (χ4n) is 1.35. The molecule has 0 saturated heterocycles. The summed E-state index contributed by atoms with van der Waals surface area (Å²) in [7, 11) is 0. The Bertz CT molecular complexity index is 521. The SMILES string of the molecule is CC(C)C(C)Nc1nc(NN)nc(-n2cccn2)n1. The van der Waals surface area contributed by atoms with E-state index in [1.54, 1.807) is 23.1 Å². The third-order valence-corrected chi connectivity index (χ3v) is 2.82. The molecule has 1 atom stereocenters. The molecule has 0 aliphatic heterocycles. The monoisotopic (exact) mass is 262 g/mol. The van der Waals surface area contributed by atoms with Crippen molar-refractivity contribution in [3.8, 4) is 5.95 Å². The second-order valence-electron chi connectivity index (χ2n) is 4.55. The molecule has 0 spiro atoms. The summed E-state index contributed by atoms with van der Waals surface area (Å²) in [6, 6.07) is 2.03. The zero-order chi connectivity index (χ0) is 13.8. The van der Waals surface area contributed by atoms with Gasteiger partial charge in [0.25, 0.3) is 5.95 Å². The number of hydrogen-bond acceptors (Lipinski definition) is 7. The average molecular weight is 262 g/mol. The lowest BCUT2D eigenvalue weighted by Gasteiger charge is -2.17. The van der Waals surface area contributed by atoms with Gasteiger partial charge in [-0.3, -0.25) is 5.43 Å². The zero-order valence-corrected chi connectivity index (χ0v) is 11.2. The van der Waals surface area contributed by atoms with Gasteiger partial charge in [0.05, 0.1) is 0 Å². The Morgan fingerprint density at radius 1 is 1.16 bits per heavy atom. The fourth-order valence-corrected chi connectivity index (χ4v) is 1.35. The number of rotatable bonds is 5. The van der Waals surface area contributed by atoms with Crippen LogP contribution in [0.4, 0.5) is 11.9 Å². The van der Waals surface area contributed by atoms with Crippen molar-refractivity contribution in [2.24, 2.45) is 11.8 Å². The average Bonchev–Trinajstić information content (AvgIpc) is 2.92. The van der Waals surface area contributed by atoms with Crippen molar-refractivity contribution in [3.63, 3.8) is 0 Å². The van der Waals surface area contributed by atoms with E-state index in [-0.39, 0.29) is 6.04 Å². The van der Waals surface area contributed by atoms with Crippen LogP contribution in [-0.4, -0.2) is 30.8 Å². The molecule has 0 amide bonds. The third-order valence-electron chi connectivity index (χ3n) is 2.82. The largest absolute Gasteiger partial charge is 0.351 e. The van der Waals surface area contributed by atoms with Gasteiger partial charge in [0.15, 0.2) is 0 Å². The first-order valence-electron chi connectivity index (χ1n) is 6.09. The molecule has 0 aliphatic rings. The summed E-state index contributed by atoms with van der Waals surface area (Å²) >= 11 is 0. The molecule has 2 aromatic rings. The van der Waals surface area contributed by atoms with Crippen LogP contribution in [-0.2, 0) is 0 Å². The van der Waals surface area contributed by atoms with Gasteiger partial charge in [0.2, 0.25) is 11.9 Å². The second-order valence-corrected chi connectivity index (χ2v) is 4.55. The summed E-state index contributed by atoms with van der Waals surface area (Å²) in [5, 5.41) is 7.30. The van der Waals surface area contributed by atoms with Crippen molar-refractivity contribution in [1.82, 2.24) is 24.7 Å². The summed E-state index contributed by atoms with van der Waals surface area (Å²) in [6.45, 7) is 6.31. The van der Waals surface area contributed by atoms with E-state index in [9.17, 15) is 0 Å². The van der Waals surface area contributed by atoms with Gasteiger partial charge in [-0.25, -0.2) is 10.5 Å². The number of nitrogens with zero attached hydrogens (tertiary/aromatic N) is 5. The van der Waals surface area contributed by atoms with Crippen molar-refractivity contribution in [1.29, 1.82) is 0 Å². The maximum absolute atomic E-state index is 5.37. The quantitative estimate of drug-likeness (QED) is 0.540. The Morgan fingerprint density at radius 2 is 1.89 bits per heavy atom. The van der Waals surface area contributed by atoms with Crippen LogP contribution in [0.15, 0.2) is 18.5 Å². The highest BCUT2D eigenvalue weighted by molar-refractivity contribution is 5.37. The van der Waals surface area contributed by atoms with E-state index in [0.29, 0.717) is 23.8 Å². The lowest BCUT2D eigenvalue weighted by Crippen LogP contribution is -2.24. The normalized spacial score (nSPS) is 12.5. The Morgan fingerprint density at radius 3 is 2.47 bits per heavy atom. The van der Waals surface area contributed by atoms with Gasteiger partial charge in [-0.05, 0) is 18.9 Å². The lowest BCUT2D eigenvalue weighted by molar-refractivity contribution is 0.555. The van der Waals surface area contributed by atoms with Gasteiger partial charge in [0, 0.05) is 18.4 Å². The van der Waals surface area contributed by atoms with E-state index in [4.69, 9.17) is 5.84 Å². The first-order chi connectivity index (χ1) is 9.10. The van der Waals surface area contributed by atoms with E-state index >= 15 is 0 Å². The molecule has 8 nitrogen and oxygen atoms in total. The van der Waals surface area contributed by atoms with Gasteiger partial charge in [-0.2, -0.15) is 20.1 Å². The Balaban J connectivity index is 2.31. The number of aromatic nitrogens is 5. The van der Waals surface area contributed by atoms with E-state index in [1.165, 1.54) is 0 Å². The highest BCUT2D eigenvalue weighted by Crippen LogP contribution is 2.11. The predicted octanol–water partition coefficient (Wildman–Crippen LogP) is 0.799. The molecule has 0 saturated carbocycles. The van der Waals surface area contributed by atoms with Crippen LogP contribution in [0.5, 0.6) is 0 Å².